The second kappa shape index (κ2) is 9.16. The fourth-order valence-electron chi connectivity index (χ4n) is 3.96. The molecule has 0 spiro atoms. The van der Waals surface area contributed by atoms with E-state index < -0.39 is 17.7 Å². The van der Waals surface area contributed by atoms with Gasteiger partial charge in [0.15, 0.2) is 0 Å². The van der Waals surface area contributed by atoms with E-state index in [1.807, 2.05) is 49.3 Å². The maximum atomic E-state index is 13.2. The predicted octanol–water partition coefficient (Wildman–Crippen LogP) is 3.78. The zero-order valence-electron chi connectivity index (χ0n) is 18.7. The molecule has 1 fully saturated rings. The summed E-state index contributed by atoms with van der Waals surface area (Å²) in [6.45, 7) is 0.188. The van der Waals surface area contributed by atoms with E-state index in [0.717, 1.165) is 16.8 Å². The first-order valence-corrected chi connectivity index (χ1v) is 10.5. The number of aliphatic hydroxyl groups excluding tert-OH is 1. The molecule has 1 aromatic heterocycles. The molecule has 33 heavy (non-hydrogen) atoms. The van der Waals surface area contributed by atoms with Gasteiger partial charge < -0.3 is 19.6 Å². The standard InChI is InChI=1S/C26H25N3O4/c1-28(2)20-11-9-18(10-12-20)23-22(24(30)19-7-4-8-21(14-19)33-3)25(31)26(32)29(23)16-17-6-5-13-27-15-17/h4-15,23,30H,16H2,1-3H3/b24-22+. The van der Waals surface area contributed by atoms with Crippen LogP contribution in [0.1, 0.15) is 22.7 Å². The highest BCUT2D eigenvalue weighted by Crippen LogP contribution is 2.40. The van der Waals surface area contributed by atoms with E-state index in [0.29, 0.717) is 11.3 Å². The highest BCUT2D eigenvalue weighted by molar-refractivity contribution is 6.46. The monoisotopic (exact) mass is 443 g/mol. The second-order valence-electron chi connectivity index (χ2n) is 8.01. The average Bonchev–Trinajstić information content (AvgIpc) is 3.09. The van der Waals surface area contributed by atoms with Crippen molar-refractivity contribution in [3.8, 4) is 5.75 Å². The number of carbonyl (C=O) groups is 2. The van der Waals surface area contributed by atoms with E-state index in [9.17, 15) is 14.7 Å². The third-order valence-corrected chi connectivity index (χ3v) is 5.68. The zero-order chi connectivity index (χ0) is 23.5. The van der Waals surface area contributed by atoms with Gasteiger partial charge in [-0.15, -0.1) is 0 Å². The highest BCUT2D eigenvalue weighted by Gasteiger charge is 2.46. The van der Waals surface area contributed by atoms with E-state index in [1.54, 1.807) is 42.7 Å². The van der Waals surface area contributed by atoms with Crippen molar-refractivity contribution < 1.29 is 19.4 Å². The van der Waals surface area contributed by atoms with Gasteiger partial charge >= 0.3 is 0 Å². The van der Waals surface area contributed by atoms with E-state index in [-0.39, 0.29) is 17.9 Å². The summed E-state index contributed by atoms with van der Waals surface area (Å²) >= 11 is 0. The lowest BCUT2D eigenvalue weighted by Gasteiger charge is -2.26. The van der Waals surface area contributed by atoms with Gasteiger partial charge in [0.1, 0.15) is 11.5 Å². The number of hydrogen-bond acceptors (Lipinski definition) is 6. The van der Waals surface area contributed by atoms with Gasteiger partial charge in [0.05, 0.1) is 18.7 Å². The Kier molecular flexibility index (Phi) is 6.13. The van der Waals surface area contributed by atoms with E-state index in [4.69, 9.17) is 4.74 Å². The minimum absolute atomic E-state index is 0.0507. The van der Waals surface area contributed by atoms with Crippen molar-refractivity contribution in [3.63, 3.8) is 0 Å². The third-order valence-electron chi connectivity index (χ3n) is 5.68. The number of likely N-dealkylation sites (tertiary alicyclic amines) is 1. The predicted molar refractivity (Wildman–Crippen MR) is 126 cm³/mol. The first-order valence-electron chi connectivity index (χ1n) is 10.5. The molecule has 0 bridgehead atoms. The van der Waals surface area contributed by atoms with Crippen LogP contribution in [0.2, 0.25) is 0 Å². The van der Waals surface area contributed by atoms with Gasteiger partial charge in [0.2, 0.25) is 0 Å². The van der Waals surface area contributed by atoms with Crippen LogP contribution in [0.3, 0.4) is 0 Å². The molecule has 1 unspecified atom stereocenters. The number of anilines is 1. The quantitative estimate of drug-likeness (QED) is 0.355. The van der Waals surface area contributed by atoms with Crippen LogP contribution in [0.4, 0.5) is 5.69 Å². The third kappa shape index (κ3) is 4.30. The number of carbonyl (C=O) groups excluding carboxylic acids is 2. The molecule has 1 saturated heterocycles. The molecule has 168 valence electrons. The summed E-state index contributed by atoms with van der Waals surface area (Å²) in [5.74, 6) is -1.08. The largest absolute Gasteiger partial charge is 0.507 e. The number of nitrogens with zero attached hydrogens (tertiary/aromatic N) is 3. The Morgan fingerprint density at radius 1 is 1.09 bits per heavy atom. The molecular formula is C26H25N3O4. The Labute approximate surface area is 192 Å². The number of ketones is 1. The van der Waals surface area contributed by atoms with Gasteiger partial charge in [0.25, 0.3) is 11.7 Å². The molecule has 0 radical (unpaired) electrons. The number of amides is 1. The van der Waals surface area contributed by atoms with Gasteiger partial charge in [-0.3, -0.25) is 14.6 Å². The van der Waals surface area contributed by atoms with Crippen LogP contribution >= 0.6 is 0 Å². The summed E-state index contributed by atoms with van der Waals surface area (Å²) in [7, 11) is 5.40. The van der Waals surface area contributed by atoms with Gasteiger partial charge in [0, 0.05) is 44.3 Å². The SMILES string of the molecule is COc1cccc(/C(O)=C2\C(=O)C(=O)N(Cc3cccnc3)C2c2ccc(N(C)C)cc2)c1. The Bertz CT molecular complexity index is 1200. The molecule has 3 aromatic rings. The van der Waals surface area contributed by atoms with Crippen LogP contribution in [-0.4, -0.2) is 47.9 Å². The highest BCUT2D eigenvalue weighted by atomic mass is 16.5. The molecule has 7 nitrogen and oxygen atoms in total. The maximum absolute atomic E-state index is 13.2. The molecule has 1 aliphatic heterocycles. The van der Waals surface area contributed by atoms with Gasteiger partial charge in [-0.1, -0.05) is 30.3 Å². The van der Waals surface area contributed by atoms with Gasteiger partial charge in [-0.25, -0.2) is 0 Å². The number of rotatable bonds is 6. The zero-order valence-corrected chi connectivity index (χ0v) is 18.7. The van der Waals surface area contributed by atoms with Crippen molar-refractivity contribution in [1.29, 1.82) is 0 Å². The molecule has 0 aliphatic carbocycles. The molecule has 1 N–H and O–H groups in total. The number of ether oxygens (including phenoxy) is 1. The van der Waals surface area contributed by atoms with Crippen LogP contribution in [0.15, 0.2) is 78.6 Å². The maximum Gasteiger partial charge on any atom is 0.295 e. The number of methoxy groups -OCH3 is 1. The molecule has 7 heteroatoms. The van der Waals surface area contributed by atoms with E-state index >= 15 is 0 Å². The Hall–Kier alpha value is -4.13. The lowest BCUT2D eigenvalue weighted by molar-refractivity contribution is -0.140. The summed E-state index contributed by atoms with van der Waals surface area (Å²) in [6.07, 6.45) is 3.31. The summed E-state index contributed by atoms with van der Waals surface area (Å²) < 4.78 is 5.26. The summed E-state index contributed by atoms with van der Waals surface area (Å²) in [5.41, 5.74) is 2.96. The Balaban J connectivity index is 1.85. The topological polar surface area (TPSA) is 83.0 Å². The van der Waals surface area contributed by atoms with Crippen LogP contribution in [0.5, 0.6) is 5.75 Å². The summed E-state index contributed by atoms with van der Waals surface area (Å²) in [4.78, 5) is 33.8. The van der Waals surface area contributed by atoms with Crippen molar-refractivity contribution in [2.45, 2.75) is 12.6 Å². The van der Waals surface area contributed by atoms with Crippen LogP contribution in [-0.2, 0) is 16.1 Å². The second-order valence-corrected chi connectivity index (χ2v) is 8.01. The Morgan fingerprint density at radius 2 is 1.85 bits per heavy atom. The molecular weight excluding hydrogens is 418 g/mol. The molecule has 2 aromatic carbocycles. The Morgan fingerprint density at radius 3 is 2.48 bits per heavy atom. The van der Waals surface area contributed by atoms with Gasteiger partial charge in [-0.05, 0) is 41.5 Å². The summed E-state index contributed by atoms with van der Waals surface area (Å²) in [6, 6.07) is 17.3. The van der Waals surface area contributed by atoms with Crippen molar-refractivity contribution in [2.24, 2.45) is 0 Å². The lowest BCUT2D eigenvalue weighted by Crippen LogP contribution is -2.29. The summed E-state index contributed by atoms with van der Waals surface area (Å²) in [5, 5.41) is 11.2. The van der Waals surface area contributed by atoms with Crippen LogP contribution in [0.25, 0.3) is 5.76 Å². The normalized spacial score (nSPS) is 17.3. The number of aliphatic hydroxyl groups is 1. The molecule has 1 atom stereocenters. The number of hydrogen-bond donors (Lipinski definition) is 1. The number of Topliss-reactive ketones (excluding diaryl/α,β-unsaturated/α-hetero) is 1. The smallest absolute Gasteiger partial charge is 0.295 e. The van der Waals surface area contributed by atoms with Crippen molar-refractivity contribution in [1.82, 2.24) is 9.88 Å². The molecule has 1 aliphatic rings. The average molecular weight is 444 g/mol. The minimum Gasteiger partial charge on any atom is -0.507 e. The van der Waals surface area contributed by atoms with Crippen molar-refractivity contribution in [3.05, 3.63) is 95.3 Å². The number of aromatic nitrogens is 1. The van der Waals surface area contributed by atoms with Crippen LogP contribution < -0.4 is 9.64 Å². The molecule has 2 heterocycles. The fraction of sp³-hybridized carbons (Fsp3) is 0.192. The van der Waals surface area contributed by atoms with E-state index in [1.165, 1.54) is 12.0 Å². The number of benzene rings is 2. The van der Waals surface area contributed by atoms with Gasteiger partial charge in [-0.2, -0.15) is 0 Å². The minimum atomic E-state index is -0.743. The number of pyridine rings is 1. The first kappa shape index (κ1) is 22.1. The van der Waals surface area contributed by atoms with Crippen molar-refractivity contribution >= 4 is 23.1 Å². The lowest BCUT2D eigenvalue weighted by atomic mass is 9.95. The first-order chi connectivity index (χ1) is 15.9. The molecule has 1 amide bonds. The van der Waals surface area contributed by atoms with Crippen LogP contribution in [0, 0.1) is 0 Å². The molecule has 0 saturated carbocycles. The molecule has 4 rings (SSSR count). The van der Waals surface area contributed by atoms with E-state index in [2.05, 4.69) is 4.98 Å². The van der Waals surface area contributed by atoms with Crippen molar-refractivity contribution in [2.75, 3.05) is 26.1 Å². The fourth-order valence-corrected chi connectivity index (χ4v) is 3.96.